The van der Waals surface area contributed by atoms with E-state index in [4.69, 9.17) is 5.26 Å². The van der Waals surface area contributed by atoms with Crippen molar-refractivity contribution in [1.29, 1.82) is 5.26 Å². The summed E-state index contributed by atoms with van der Waals surface area (Å²) in [6.45, 7) is 1.81. The van der Waals surface area contributed by atoms with Crippen molar-refractivity contribution in [1.82, 2.24) is 4.90 Å². The normalized spacial score (nSPS) is 20.9. The maximum atomic E-state index is 13.7. The van der Waals surface area contributed by atoms with Gasteiger partial charge in [-0.25, -0.2) is 4.39 Å². The molecule has 0 amide bonds. The van der Waals surface area contributed by atoms with Crippen LogP contribution in [0, 0.1) is 17.1 Å². The van der Waals surface area contributed by atoms with Crippen molar-refractivity contribution in [2.45, 2.75) is 19.1 Å². The smallest absolute Gasteiger partial charge is 0.145 e. The highest BCUT2D eigenvalue weighted by Gasteiger charge is 2.21. The zero-order valence-corrected chi connectivity index (χ0v) is 8.86. The number of halogens is 1. The standard InChI is InChI=1S/C12H13FN2O/c13-12-9(6-14)2-1-3-10(12)7-15-5-4-11(16)8-15/h1-3,11,16H,4-5,7-8H2. The van der Waals surface area contributed by atoms with Crippen LogP contribution < -0.4 is 0 Å². The van der Waals surface area contributed by atoms with Gasteiger partial charge in [-0.3, -0.25) is 4.90 Å². The third kappa shape index (κ3) is 2.21. The minimum atomic E-state index is -0.439. The molecular formula is C12H13FN2O. The van der Waals surface area contributed by atoms with Crippen LogP contribution in [-0.4, -0.2) is 29.2 Å². The molecule has 1 N–H and O–H groups in total. The summed E-state index contributed by atoms with van der Waals surface area (Å²) in [4.78, 5) is 1.99. The highest BCUT2D eigenvalue weighted by molar-refractivity contribution is 5.34. The molecule has 1 aromatic rings. The molecule has 16 heavy (non-hydrogen) atoms. The Bertz CT molecular complexity index is 428. The van der Waals surface area contributed by atoms with Crippen LogP contribution in [0.1, 0.15) is 17.5 Å². The van der Waals surface area contributed by atoms with Crippen LogP contribution in [0.4, 0.5) is 4.39 Å². The monoisotopic (exact) mass is 220 g/mol. The average Bonchev–Trinajstić information content (AvgIpc) is 2.67. The molecule has 2 rings (SSSR count). The number of hydrogen-bond donors (Lipinski definition) is 1. The number of nitrogens with zero attached hydrogens (tertiary/aromatic N) is 2. The largest absolute Gasteiger partial charge is 0.392 e. The van der Waals surface area contributed by atoms with Crippen molar-refractivity contribution >= 4 is 0 Å². The second-order valence-electron chi connectivity index (χ2n) is 4.07. The lowest BCUT2D eigenvalue weighted by atomic mass is 10.1. The van der Waals surface area contributed by atoms with Crippen LogP contribution in [0.5, 0.6) is 0 Å². The van der Waals surface area contributed by atoms with E-state index < -0.39 is 5.82 Å². The molecule has 1 aliphatic rings. The molecule has 0 spiro atoms. The van der Waals surface area contributed by atoms with Gasteiger partial charge in [0, 0.05) is 25.2 Å². The predicted octanol–water partition coefficient (Wildman–Crippen LogP) is 1.26. The first-order chi connectivity index (χ1) is 7.70. The van der Waals surface area contributed by atoms with Gasteiger partial charge < -0.3 is 5.11 Å². The minimum Gasteiger partial charge on any atom is -0.392 e. The van der Waals surface area contributed by atoms with E-state index in [-0.39, 0.29) is 11.7 Å². The van der Waals surface area contributed by atoms with Gasteiger partial charge in [-0.1, -0.05) is 12.1 Å². The molecule has 1 aromatic carbocycles. The third-order valence-corrected chi connectivity index (χ3v) is 2.84. The Morgan fingerprint density at radius 3 is 3.00 bits per heavy atom. The average molecular weight is 220 g/mol. The van der Waals surface area contributed by atoms with Gasteiger partial charge in [-0.05, 0) is 12.5 Å². The Balaban J connectivity index is 2.13. The second-order valence-corrected chi connectivity index (χ2v) is 4.07. The quantitative estimate of drug-likeness (QED) is 0.816. The Hall–Kier alpha value is -1.44. The van der Waals surface area contributed by atoms with Gasteiger partial charge in [0.25, 0.3) is 0 Å². The molecule has 1 fully saturated rings. The zero-order valence-electron chi connectivity index (χ0n) is 8.86. The first kappa shape index (κ1) is 11.1. The predicted molar refractivity (Wildman–Crippen MR) is 57.0 cm³/mol. The number of β-amino-alcohol motifs (C(OH)–C–C–N with tert-alkyl or cyclic N) is 1. The van der Waals surface area contributed by atoms with E-state index in [1.54, 1.807) is 12.1 Å². The molecule has 0 radical (unpaired) electrons. The Morgan fingerprint density at radius 1 is 1.56 bits per heavy atom. The summed E-state index contributed by atoms with van der Waals surface area (Å²) >= 11 is 0. The van der Waals surface area contributed by atoms with Crippen molar-refractivity contribution in [3.63, 3.8) is 0 Å². The van der Waals surface area contributed by atoms with Gasteiger partial charge in [0.05, 0.1) is 11.7 Å². The molecule has 0 aliphatic carbocycles. The number of rotatable bonds is 2. The maximum absolute atomic E-state index is 13.7. The molecule has 0 bridgehead atoms. The summed E-state index contributed by atoms with van der Waals surface area (Å²) < 4.78 is 13.7. The van der Waals surface area contributed by atoms with E-state index in [2.05, 4.69) is 0 Å². The second kappa shape index (κ2) is 4.60. The van der Waals surface area contributed by atoms with Crippen molar-refractivity contribution in [3.05, 3.63) is 35.1 Å². The SMILES string of the molecule is N#Cc1cccc(CN2CCC(O)C2)c1F. The zero-order chi connectivity index (χ0) is 11.5. The van der Waals surface area contributed by atoms with Crippen LogP contribution in [0.25, 0.3) is 0 Å². The van der Waals surface area contributed by atoms with E-state index in [9.17, 15) is 9.50 Å². The number of aliphatic hydroxyl groups is 1. The van der Waals surface area contributed by atoms with E-state index in [1.807, 2.05) is 11.0 Å². The fourth-order valence-corrected chi connectivity index (χ4v) is 1.98. The highest BCUT2D eigenvalue weighted by Crippen LogP contribution is 2.17. The molecule has 0 saturated carbocycles. The summed E-state index contributed by atoms with van der Waals surface area (Å²) in [5, 5.41) is 18.1. The molecular weight excluding hydrogens is 207 g/mol. The van der Waals surface area contributed by atoms with Crippen molar-refractivity contribution < 1.29 is 9.50 Å². The number of aliphatic hydroxyl groups excluding tert-OH is 1. The molecule has 1 heterocycles. The minimum absolute atomic E-state index is 0.0808. The summed E-state index contributed by atoms with van der Waals surface area (Å²) in [5.74, 6) is -0.439. The fourth-order valence-electron chi connectivity index (χ4n) is 1.98. The molecule has 0 aromatic heterocycles. The Kier molecular flexibility index (Phi) is 3.18. The maximum Gasteiger partial charge on any atom is 0.145 e. The van der Waals surface area contributed by atoms with Gasteiger partial charge in [-0.15, -0.1) is 0 Å². The van der Waals surface area contributed by atoms with Crippen LogP contribution in [-0.2, 0) is 6.54 Å². The molecule has 84 valence electrons. The summed E-state index contributed by atoms with van der Waals surface area (Å²) in [7, 11) is 0. The fraction of sp³-hybridized carbons (Fsp3) is 0.417. The summed E-state index contributed by atoms with van der Waals surface area (Å²) in [6, 6.07) is 6.66. The van der Waals surface area contributed by atoms with E-state index in [0.717, 1.165) is 13.0 Å². The van der Waals surface area contributed by atoms with Gasteiger partial charge in [0.1, 0.15) is 11.9 Å². The Labute approximate surface area is 93.7 Å². The van der Waals surface area contributed by atoms with Crippen LogP contribution >= 0.6 is 0 Å². The molecule has 1 saturated heterocycles. The molecule has 1 aliphatic heterocycles. The highest BCUT2D eigenvalue weighted by atomic mass is 19.1. The lowest BCUT2D eigenvalue weighted by molar-refractivity contribution is 0.174. The first-order valence-electron chi connectivity index (χ1n) is 5.28. The molecule has 1 atom stereocenters. The molecule has 4 heteroatoms. The van der Waals surface area contributed by atoms with Gasteiger partial charge in [-0.2, -0.15) is 5.26 Å². The summed E-state index contributed by atoms with van der Waals surface area (Å²) in [6.07, 6.45) is 0.432. The van der Waals surface area contributed by atoms with Gasteiger partial charge in [0.15, 0.2) is 0 Å². The van der Waals surface area contributed by atoms with E-state index in [0.29, 0.717) is 18.7 Å². The first-order valence-corrected chi connectivity index (χ1v) is 5.28. The van der Waals surface area contributed by atoms with Crippen LogP contribution in [0.2, 0.25) is 0 Å². The number of likely N-dealkylation sites (tertiary alicyclic amines) is 1. The third-order valence-electron chi connectivity index (χ3n) is 2.84. The van der Waals surface area contributed by atoms with Crippen molar-refractivity contribution in [2.24, 2.45) is 0 Å². The van der Waals surface area contributed by atoms with Gasteiger partial charge in [0.2, 0.25) is 0 Å². The van der Waals surface area contributed by atoms with Crippen molar-refractivity contribution in [3.8, 4) is 6.07 Å². The summed E-state index contributed by atoms with van der Waals surface area (Å²) in [5.41, 5.74) is 0.602. The Morgan fingerprint density at radius 2 is 2.38 bits per heavy atom. The van der Waals surface area contributed by atoms with Gasteiger partial charge >= 0.3 is 0 Å². The lowest BCUT2D eigenvalue weighted by Gasteiger charge is -2.15. The van der Waals surface area contributed by atoms with E-state index in [1.165, 1.54) is 6.07 Å². The number of benzene rings is 1. The topological polar surface area (TPSA) is 47.3 Å². The van der Waals surface area contributed by atoms with Crippen molar-refractivity contribution in [2.75, 3.05) is 13.1 Å². The molecule has 1 unspecified atom stereocenters. The number of nitriles is 1. The van der Waals surface area contributed by atoms with Crippen LogP contribution in [0.15, 0.2) is 18.2 Å². The lowest BCUT2D eigenvalue weighted by Crippen LogP contribution is -2.22. The molecule has 3 nitrogen and oxygen atoms in total. The number of hydrogen-bond acceptors (Lipinski definition) is 3. The van der Waals surface area contributed by atoms with E-state index >= 15 is 0 Å². The van der Waals surface area contributed by atoms with Crippen LogP contribution in [0.3, 0.4) is 0 Å².